The molecule has 152 valence electrons. The van der Waals surface area contributed by atoms with Crippen molar-refractivity contribution in [1.29, 1.82) is 0 Å². The molecule has 2 N–H and O–H groups in total. The van der Waals surface area contributed by atoms with Gasteiger partial charge in [0.25, 0.3) is 0 Å². The molecule has 0 bridgehead atoms. The van der Waals surface area contributed by atoms with Crippen LogP contribution in [0.5, 0.6) is 0 Å². The normalized spacial score (nSPS) is 14.8. The third-order valence-corrected chi connectivity index (χ3v) is 6.30. The van der Waals surface area contributed by atoms with Crippen molar-refractivity contribution in [2.75, 3.05) is 49.6 Å². The molecule has 1 aromatic heterocycles. The molecule has 0 saturated carbocycles. The van der Waals surface area contributed by atoms with E-state index in [2.05, 4.69) is 25.1 Å². The van der Waals surface area contributed by atoms with E-state index in [0.29, 0.717) is 31.0 Å². The van der Waals surface area contributed by atoms with Crippen LogP contribution in [-0.4, -0.2) is 58.0 Å². The maximum Gasteiger partial charge on any atom is 0.241 e. The highest BCUT2D eigenvalue weighted by Crippen LogP contribution is 2.22. The second-order valence-corrected chi connectivity index (χ2v) is 8.44. The van der Waals surface area contributed by atoms with E-state index in [1.54, 1.807) is 18.3 Å². The minimum Gasteiger partial charge on any atom is -0.378 e. The predicted octanol–water partition coefficient (Wildman–Crippen LogP) is 1.86. The Balaban J connectivity index is 1.36. The second kappa shape index (κ2) is 8.73. The Morgan fingerprint density at radius 3 is 2.69 bits per heavy atom. The van der Waals surface area contributed by atoms with Crippen molar-refractivity contribution in [3.63, 3.8) is 0 Å². The molecule has 1 fully saturated rings. The molecule has 0 aliphatic carbocycles. The Labute approximate surface area is 169 Å². The summed E-state index contributed by atoms with van der Waals surface area (Å²) in [5.41, 5.74) is 0.974. The van der Waals surface area contributed by atoms with Crippen LogP contribution in [-0.2, 0) is 14.8 Å². The molecule has 0 spiro atoms. The molecular formula is C20H23N5O3S. The van der Waals surface area contributed by atoms with Gasteiger partial charge in [-0.05, 0) is 11.5 Å². The lowest BCUT2D eigenvalue weighted by atomic mass is 10.1. The Morgan fingerprint density at radius 1 is 1.03 bits per heavy atom. The van der Waals surface area contributed by atoms with Crippen molar-refractivity contribution >= 4 is 32.3 Å². The summed E-state index contributed by atoms with van der Waals surface area (Å²) in [5, 5.41) is 12.8. The lowest BCUT2D eigenvalue weighted by molar-refractivity contribution is 0.122. The van der Waals surface area contributed by atoms with Gasteiger partial charge in [-0.15, -0.1) is 5.10 Å². The maximum absolute atomic E-state index is 12.7. The fraction of sp³-hybridized carbons (Fsp3) is 0.300. The molecule has 0 unspecified atom stereocenters. The number of nitrogens with one attached hydrogen (secondary N) is 2. The van der Waals surface area contributed by atoms with Crippen LogP contribution in [0.1, 0.15) is 0 Å². The number of hydrogen-bond acceptors (Lipinski definition) is 7. The van der Waals surface area contributed by atoms with Crippen molar-refractivity contribution in [2.45, 2.75) is 4.90 Å². The molecular weight excluding hydrogens is 390 g/mol. The van der Waals surface area contributed by atoms with E-state index in [4.69, 9.17) is 4.74 Å². The van der Waals surface area contributed by atoms with Crippen LogP contribution in [0, 0.1) is 0 Å². The van der Waals surface area contributed by atoms with Crippen LogP contribution < -0.4 is 14.9 Å². The van der Waals surface area contributed by atoms with E-state index in [1.807, 2.05) is 36.4 Å². The number of hydrogen-bond donors (Lipinski definition) is 2. The lowest BCUT2D eigenvalue weighted by Crippen LogP contribution is -2.36. The molecule has 1 saturated heterocycles. The summed E-state index contributed by atoms with van der Waals surface area (Å²) in [6.45, 7) is 3.65. The molecule has 0 radical (unpaired) electrons. The zero-order chi connectivity index (χ0) is 20.1. The quantitative estimate of drug-likeness (QED) is 0.571. The first-order chi connectivity index (χ1) is 14.1. The van der Waals surface area contributed by atoms with E-state index < -0.39 is 10.0 Å². The van der Waals surface area contributed by atoms with Gasteiger partial charge in [-0.3, -0.25) is 0 Å². The smallest absolute Gasteiger partial charge is 0.241 e. The number of sulfonamides is 1. The second-order valence-electron chi connectivity index (χ2n) is 6.70. The predicted molar refractivity (Wildman–Crippen MR) is 113 cm³/mol. The number of fused-ring (bicyclic) bond motifs is 1. The van der Waals surface area contributed by atoms with Gasteiger partial charge in [0.2, 0.25) is 10.0 Å². The zero-order valence-corrected chi connectivity index (χ0v) is 16.7. The van der Waals surface area contributed by atoms with E-state index in [9.17, 15) is 8.42 Å². The molecule has 2 aromatic carbocycles. The van der Waals surface area contributed by atoms with Crippen LogP contribution in [0.2, 0.25) is 0 Å². The van der Waals surface area contributed by atoms with Gasteiger partial charge in [-0.1, -0.05) is 36.4 Å². The number of aromatic nitrogens is 2. The van der Waals surface area contributed by atoms with Gasteiger partial charge in [-0.25, -0.2) is 13.1 Å². The number of rotatable bonds is 7. The first-order valence-electron chi connectivity index (χ1n) is 9.50. The van der Waals surface area contributed by atoms with Crippen molar-refractivity contribution in [2.24, 2.45) is 0 Å². The first kappa shape index (κ1) is 19.6. The molecule has 8 nitrogen and oxygen atoms in total. The molecule has 3 aromatic rings. The topological polar surface area (TPSA) is 96.5 Å². The Kier molecular flexibility index (Phi) is 5.89. The van der Waals surface area contributed by atoms with Crippen LogP contribution >= 0.6 is 0 Å². The van der Waals surface area contributed by atoms with Crippen molar-refractivity contribution in [3.05, 3.63) is 54.7 Å². The molecule has 4 rings (SSSR count). The Morgan fingerprint density at radius 2 is 1.83 bits per heavy atom. The van der Waals surface area contributed by atoms with Crippen LogP contribution in [0.15, 0.2) is 59.6 Å². The summed E-state index contributed by atoms with van der Waals surface area (Å²) in [6, 6.07) is 14.6. The number of nitrogens with zero attached hydrogens (tertiary/aromatic N) is 3. The van der Waals surface area contributed by atoms with Gasteiger partial charge in [0.15, 0.2) is 5.82 Å². The summed E-state index contributed by atoms with van der Waals surface area (Å²) in [6.07, 6.45) is 1.72. The van der Waals surface area contributed by atoms with Crippen molar-refractivity contribution < 1.29 is 13.2 Å². The standard InChI is InChI=1S/C20H23N5O3S/c26-29(27,19-7-3-5-16-4-1-2-6-18(16)19)23-9-8-21-20-14-17(15-22-24-20)25-10-12-28-13-11-25/h1-7,14-15,23H,8-13H2,(H,21,24). The maximum atomic E-state index is 12.7. The summed E-state index contributed by atoms with van der Waals surface area (Å²) in [4.78, 5) is 2.47. The number of anilines is 2. The molecule has 2 heterocycles. The van der Waals surface area contributed by atoms with E-state index in [1.165, 1.54) is 0 Å². The van der Waals surface area contributed by atoms with Crippen molar-refractivity contribution in [3.8, 4) is 0 Å². The largest absolute Gasteiger partial charge is 0.378 e. The Bertz CT molecular complexity index is 1080. The lowest BCUT2D eigenvalue weighted by Gasteiger charge is -2.28. The van der Waals surface area contributed by atoms with Gasteiger partial charge >= 0.3 is 0 Å². The van der Waals surface area contributed by atoms with Gasteiger partial charge in [0.05, 0.1) is 30.0 Å². The monoisotopic (exact) mass is 413 g/mol. The molecule has 29 heavy (non-hydrogen) atoms. The third-order valence-electron chi connectivity index (χ3n) is 4.78. The number of benzene rings is 2. The average Bonchev–Trinajstić information content (AvgIpc) is 2.77. The Hall–Kier alpha value is -2.75. The molecule has 0 atom stereocenters. The SMILES string of the molecule is O=S(=O)(NCCNc1cc(N2CCOCC2)cnn1)c1cccc2ccccc12. The summed E-state index contributed by atoms with van der Waals surface area (Å²) in [5.74, 6) is 0.610. The summed E-state index contributed by atoms with van der Waals surface area (Å²) >= 11 is 0. The highest BCUT2D eigenvalue weighted by Gasteiger charge is 2.16. The summed E-state index contributed by atoms with van der Waals surface area (Å²) in [7, 11) is -3.61. The van der Waals surface area contributed by atoms with Crippen molar-refractivity contribution in [1.82, 2.24) is 14.9 Å². The zero-order valence-electron chi connectivity index (χ0n) is 15.9. The highest BCUT2D eigenvalue weighted by molar-refractivity contribution is 7.89. The highest BCUT2D eigenvalue weighted by atomic mass is 32.2. The molecule has 0 amide bonds. The van der Waals surface area contributed by atoms with Crippen LogP contribution in [0.4, 0.5) is 11.5 Å². The molecule has 1 aliphatic rings. The number of morpholine rings is 1. The van der Waals surface area contributed by atoms with Gasteiger partial charge < -0.3 is 15.0 Å². The minimum atomic E-state index is -3.61. The van der Waals surface area contributed by atoms with E-state index in [0.717, 1.165) is 24.2 Å². The van der Waals surface area contributed by atoms with Gasteiger partial charge in [0, 0.05) is 37.6 Å². The average molecular weight is 414 g/mol. The first-order valence-corrected chi connectivity index (χ1v) is 11.0. The van der Waals surface area contributed by atoms with Gasteiger partial charge in [-0.2, -0.15) is 5.10 Å². The number of ether oxygens (including phenoxy) is 1. The molecule has 9 heteroatoms. The van der Waals surface area contributed by atoms with Gasteiger partial charge in [0.1, 0.15) is 0 Å². The van der Waals surface area contributed by atoms with E-state index in [-0.39, 0.29) is 11.4 Å². The third kappa shape index (κ3) is 4.64. The van der Waals surface area contributed by atoms with Crippen LogP contribution in [0.3, 0.4) is 0 Å². The fourth-order valence-electron chi connectivity index (χ4n) is 3.32. The fourth-order valence-corrected chi connectivity index (χ4v) is 4.58. The summed E-state index contributed by atoms with van der Waals surface area (Å²) < 4.78 is 33.5. The minimum absolute atomic E-state index is 0.231. The van der Waals surface area contributed by atoms with Crippen LogP contribution in [0.25, 0.3) is 10.8 Å². The van der Waals surface area contributed by atoms with E-state index >= 15 is 0 Å². The molecule has 1 aliphatic heterocycles.